The van der Waals surface area contributed by atoms with Crippen LogP contribution in [0, 0.1) is 0 Å². The molecular formula is C25H35IN4O3. The second kappa shape index (κ2) is 14.0. The van der Waals surface area contributed by atoms with Gasteiger partial charge in [-0.15, -0.1) is 24.0 Å². The van der Waals surface area contributed by atoms with E-state index >= 15 is 0 Å². The predicted octanol–water partition coefficient (Wildman–Crippen LogP) is 4.29. The second-order valence-electron chi connectivity index (χ2n) is 8.01. The van der Waals surface area contributed by atoms with Gasteiger partial charge in [-0.25, -0.2) is 0 Å². The van der Waals surface area contributed by atoms with Gasteiger partial charge in [0.15, 0.2) is 5.96 Å². The number of benzene rings is 2. The minimum atomic E-state index is -0.333. The number of ether oxygens (including phenoxy) is 2. The predicted molar refractivity (Wildman–Crippen MR) is 144 cm³/mol. The van der Waals surface area contributed by atoms with Gasteiger partial charge in [0.05, 0.1) is 7.11 Å². The van der Waals surface area contributed by atoms with Crippen LogP contribution in [0.3, 0.4) is 0 Å². The molecule has 0 aromatic heterocycles. The average Bonchev–Trinajstić information content (AvgIpc) is 3.37. The van der Waals surface area contributed by atoms with E-state index in [1.807, 2.05) is 36.4 Å². The summed E-state index contributed by atoms with van der Waals surface area (Å²) in [5, 5.41) is 9.66. The molecule has 7 nitrogen and oxygen atoms in total. The second-order valence-corrected chi connectivity index (χ2v) is 8.01. The van der Waals surface area contributed by atoms with Crippen LogP contribution < -0.4 is 20.7 Å². The summed E-state index contributed by atoms with van der Waals surface area (Å²) in [6.45, 7) is 4.30. The number of methoxy groups -OCH3 is 1. The van der Waals surface area contributed by atoms with Crippen molar-refractivity contribution in [2.24, 2.45) is 4.99 Å². The Morgan fingerprint density at radius 3 is 2.67 bits per heavy atom. The molecule has 8 heteroatoms. The number of nitrogens with one attached hydrogen (secondary N) is 3. The number of guanidine groups is 1. The van der Waals surface area contributed by atoms with Gasteiger partial charge in [0.2, 0.25) is 0 Å². The molecule has 1 aliphatic heterocycles. The maximum atomic E-state index is 12.3. The van der Waals surface area contributed by atoms with E-state index in [1.54, 1.807) is 14.2 Å². The van der Waals surface area contributed by atoms with E-state index in [0.29, 0.717) is 19.1 Å². The molecule has 1 saturated heterocycles. The van der Waals surface area contributed by atoms with E-state index in [9.17, 15) is 4.79 Å². The summed E-state index contributed by atoms with van der Waals surface area (Å²) in [6.07, 6.45) is 2.37. The summed E-state index contributed by atoms with van der Waals surface area (Å²) in [4.78, 5) is 16.6. The monoisotopic (exact) mass is 566 g/mol. The summed E-state index contributed by atoms with van der Waals surface area (Å²) in [7, 11) is 3.44. The van der Waals surface area contributed by atoms with Crippen LogP contribution >= 0.6 is 24.0 Å². The number of amides is 1. The van der Waals surface area contributed by atoms with Crippen LogP contribution in [0.1, 0.15) is 43.2 Å². The van der Waals surface area contributed by atoms with Crippen LogP contribution in [0.4, 0.5) is 5.69 Å². The van der Waals surface area contributed by atoms with Crippen molar-refractivity contribution < 1.29 is 14.3 Å². The van der Waals surface area contributed by atoms with Gasteiger partial charge in [-0.05, 0) is 60.6 Å². The minimum Gasteiger partial charge on any atom is -0.497 e. The zero-order chi connectivity index (χ0) is 22.8. The first kappa shape index (κ1) is 26.9. The van der Waals surface area contributed by atoms with Gasteiger partial charge in [-0.1, -0.05) is 31.2 Å². The van der Waals surface area contributed by atoms with Crippen molar-refractivity contribution in [2.75, 3.05) is 32.6 Å². The van der Waals surface area contributed by atoms with Crippen LogP contribution in [0.2, 0.25) is 0 Å². The highest BCUT2D eigenvalue weighted by atomic mass is 127. The molecule has 0 radical (unpaired) electrons. The third-order valence-corrected chi connectivity index (χ3v) is 5.65. The number of anilines is 1. The normalized spacial score (nSPS) is 16.5. The first-order valence-corrected chi connectivity index (χ1v) is 11.2. The molecule has 2 aromatic carbocycles. The molecule has 1 heterocycles. The number of hydrogen-bond acceptors (Lipinski definition) is 4. The lowest BCUT2D eigenvalue weighted by atomic mass is 9.98. The Balaban J connectivity index is 0.00000385. The molecule has 0 bridgehead atoms. The summed E-state index contributed by atoms with van der Waals surface area (Å²) < 4.78 is 10.7. The van der Waals surface area contributed by atoms with Crippen molar-refractivity contribution in [1.29, 1.82) is 0 Å². The third kappa shape index (κ3) is 8.51. The van der Waals surface area contributed by atoms with Crippen molar-refractivity contribution in [3.05, 3.63) is 59.7 Å². The fourth-order valence-corrected chi connectivity index (χ4v) is 3.68. The fraction of sp³-hybridized carbons (Fsp3) is 0.440. The van der Waals surface area contributed by atoms with Crippen LogP contribution in [0.15, 0.2) is 53.5 Å². The van der Waals surface area contributed by atoms with Crippen molar-refractivity contribution in [1.82, 2.24) is 10.6 Å². The molecule has 180 valence electrons. The van der Waals surface area contributed by atoms with Crippen LogP contribution in [-0.2, 0) is 16.1 Å². The van der Waals surface area contributed by atoms with Gasteiger partial charge in [0.1, 0.15) is 11.9 Å². The number of hydrogen-bond donors (Lipinski definition) is 3. The van der Waals surface area contributed by atoms with E-state index < -0.39 is 0 Å². The third-order valence-electron chi connectivity index (χ3n) is 5.65. The summed E-state index contributed by atoms with van der Waals surface area (Å²) in [5.41, 5.74) is 3.13. The highest BCUT2D eigenvalue weighted by Crippen LogP contribution is 2.21. The highest BCUT2D eigenvalue weighted by molar-refractivity contribution is 14.0. The molecule has 2 atom stereocenters. The van der Waals surface area contributed by atoms with E-state index in [-0.39, 0.29) is 36.0 Å². The summed E-state index contributed by atoms with van der Waals surface area (Å²) in [5.74, 6) is 1.98. The lowest BCUT2D eigenvalue weighted by Crippen LogP contribution is -2.37. The first-order chi connectivity index (χ1) is 15.6. The molecule has 3 N–H and O–H groups in total. The van der Waals surface area contributed by atoms with Gasteiger partial charge in [-0.2, -0.15) is 0 Å². The Labute approximate surface area is 213 Å². The molecule has 2 aromatic rings. The fourth-order valence-electron chi connectivity index (χ4n) is 3.68. The van der Waals surface area contributed by atoms with Crippen LogP contribution in [0.5, 0.6) is 5.75 Å². The van der Waals surface area contributed by atoms with Crippen LogP contribution in [-0.4, -0.2) is 45.3 Å². The Morgan fingerprint density at radius 1 is 1.21 bits per heavy atom. The van der Waals surface area contributed by atoms with Gasteiger partial charge in [0, 0.05) is 32.4 Å². The number of aliphatic imine (C=N–C) groups is 1. The Hall–Kier alpha value is -2.33. The van der Waals surface area contributed by atoms with Gasteiger partial charge >= 0.3 is 0 Å². The van der Waals surface area contributed by atoms with Crippen molar-refractivity contribution in [3.63, 3.8) is 0 Å². The quantitative estimate of drug-likeness (QED) is 0.240. The molecule has 3 rings (SSSR count). The number of carbonyl (C=O) groups is 1. The SMILES string of the molecule is CN=C(NCCC(C)c1ccc(OC)cc1)NCc1cccc(NC(=O)C2CCCO2)c1.I. The zero-order valence-electron chi connectivity index (χ0n) is 19.6. The first-order valence-electron chi connectivity index (χ1n) is 11.2. The summed E-state index contributed by atoms with van der Waals surface area (Å²) in [6, 6.07) is 16.0. The molecule has 1 fully saturated rings. The highest BCUT2D eigenvalue weighted by Gasteiger charge is 2.23. The van der Waals surface area contributed by atoms with Gasteiger partial charge in [-0.3, -0.25) is 9.79 Å². The lowest BCUT2D eigenvalue weighted by molar-refractivity contribution is -0.124. The Bertz CT molecular complexity index is 899. The maximum Gasteiger partial charge on any atom is 0.253 e. The maximum absolute atomic E-state index is 12.3. The molecule has 0 saturated carbocycles. The van der Waals surface area contributed by atoms with Crippen molar-refractivity contribution in [2.45, 2.75) is 44.8 Å². The average molecular weight is 566 g/mol. The zero-order valence-corrected chi connectivity index (χ0v) is 21.9. The largest absolute Gasteiger partial charge is 0.497 e. The minimum absolute atomic E-state index is 0. The molecule has 1 amide bonds. The van der Waals surface area contributed by atoms with Crippen molar-refractivity contribution >= 4 is 41.5 Å². The topological polar surface area (TPSA) is 84.0 Å². The number of halogens is 1. The molecule has 0 aliphatic carbocycles. The molecule has 2 unspecified atom stereocenters. The van der Waals surface area contributed by atoms with Crippen molar-refractivity contribution in [3.8, 4) is 5.75 Å². The number of rotatable bonds is 9. The van der Waals surface area contributed by atoms with E-state index in [2.05, 4.69) is 40.0 Å². The smallest absolute Gasteiger partial charge is 0.253 e. The standard InChI is InChI=1S/C25H34N4O3.HI/c1-18(20-9-11-22(31-3)12-10-20)13-14-27-25(26-2)28-17-19-6-4-7-21(16-19)29-24(30)23-8-5-15-32-23;/h4,6-7,9-12,16,18,23H,5,8,13-15,17H2,1-3H3,(H,29,30)(H2,26,27,28);1H. The van der Waals surface area contributed by atoms with Gasteiger partial charge < -0.3 is 25.4 Å². The Morgan fingerprint density at radius 2 is 2.00 bits per heavy atom. The van der Waals surface area contributed by atoms with E-state index in [1.165, 1.54) is 5.56 Å². The number of carbonyl (C=O) groups excluding carboxylic acids is 1. The van der Waals surface area contributed by atoms with E-state index in [0.717, 1.165) is 48.8 Å². The number of nitrogens with zero attached hydrogens (tertiary/aromatic N) is 1. The summed E-state index contributed by atoms with van der Waals surface area (Å²) >= 11 is 0. The Kier molecular flexibility index (Phi) is 11.5. The molecular weight excluding hydrogens is 531 g/mol. The van der Waals surface area contributed by atoms with Gasteiger partial charge in [0.25, 0.3) is 5.91 Å². The molecule has 0 spiro atoms. The lowest BCUT2D eigenvalue weighted by Gasteiger charge is -2.16. The molecule has 1 aliphatic rings. The molecule has 33 heavy (non-hydrogen) atoms. The van der Waals surface area contributed by atoms with E-state index in [4.69, 9.17) is 9.47 Å². The van der Waals surface area contributed by atoms with Crippen LogP contribution in [0.25, 0.3) is 0 Å².